The summed E-state index contributed by atoms with van der Waals surface area (Å²) in [5.74, 6) is 0.613. The molecule has 0 saturated heterocycles. The molecule has 0 amide bonds. The fraction of sp³-hybridized carbons (Fsp3) is 0.391. The van der Waals surface area contributed by atoms with Gasteiger partial charge < -0.3 is 4.74 Å². The highest BCUT2D eigenvalue weighted by Gasteiger charge is 2.55. The molecule has 4 rings (SSSR count). The predicted molar refractivity (Wildman–Crippen MR) is 111 cm³/mol. The van der Waals surface area contributed by atoms with E-state index in [1.54, 1.807) is 12.7 Å². The molecule has 1 aliphatic rings. The maximum absolute atomic E-state index is 6.85. The molecule has 1 aliphatic carbocycles. The van der Waals surface area contributed by atoms with Crippen molar-refractivity contribution in [2.24, 2.45) is 11.3 Å². The average Bonchev–Trinajstić information content (AvgIpc) is 3.45. The topological polar surface area (TPSA) is 39.9 Å². The normalized spacial score (nSPS) is 16.7. The van der Waals surface area contributed by atoms with Crippen molar-refractivity contribution in [3.8, 4) is 0 Å². The average molecular weight is 396 g/mol. The number of hydrogen-bond donors (Lipinski definition) is 0. The molecule has 4 nitrogen and oxygen atoms in total. The molecule has 0 N–H and O–H groups in total. The Morgan fingerprint density at radius 3 is 2.39 bits per heavy atom. The van der Waals surface area contributed by atoms with Crippen molar-refractivity contribution in [1.29, 1.82) is 0 Å². The third-order valence-corrected chi connectivity index (χ3v) is 6.38. The summed E-state index contributed by atoms with van der Waals surface area (Å²) in [7, 11) is 0. The second kappa shape index (κ2) is 7.69. The monoisotopic (exact) mass is 395 g/mol. The van der Waals surface area contributed by atoms with E-state index in [1.165, 1.54) is 12.8 Å². The lowest BCUT2D eigenvalue weighted by atomic mass is 9.67. The number of rotatable bonds is 8. The van der Waals surface area contributed by atoms with Crippen LogP contribution in [0.3, 0.4) is 0 Å². The molecular weight excluding hydrogens is 370 g/mol. The van der Waals surface area contributed by atoms with Gasteiger partial charge in [-0.2, -0.15) is 5.10 Å². The fourth-order valence-corrected chi connectivity index (χ4v) is 4.29. The van der Waals surface area contributed by atoms with Gasteiger partial charge in [-0.1, -0.05) is 67.9 Å². The van der Waals surface area contributed by atoms with Crippen molar-refractivity contribution >= 4 is 11.6 Å². The molecule has 5 heteroatoms. The minimum absolute atomic E-state index is 0.0818. The van der Waals surface area contributed by atoms with Crippen molar-refractivity contribution in [3.05, 3.63) is 83.4 Å². The Balaban J connectivity index is 1.78. The van der Waals surface area contributed by atoms with Gasteiger partial charge in [0.25, 0.3) is 0 Å². The molecule has 0 bridgehead atoms. The molecule has 1 heterocycles. The van der Waals surface area contributed by atoms with Gasteiger partial charge in [-0.15, -0.1) is 0 Å². The lowest BCUT2D eigenvalue weighted by Gasteiger charge is -2.47. The van der Waals surface area contributed by atoms with E-state index in [-0.39, 0.29) is 5.41 Å². The minimum atomic E-state index is -0.553. The molecule has 1 fully saturated rings. The van der Waals surface area contributed by atoms with Crippen LogP contribution in [-0.4, -0.2) is 14.8 Å². The molecule has 146 valence electrons. The summed E-state index contributed by atoms with van der Waals surface area (Å²) < 4.78 is 8.73. The highest BCUT2D eigenvalue weighted by molar-refractivity contribution is 6.30. The van der Waals surface area contributed by atoms with Gasteiger partial charge in [-0.05, 0) is 42.0 Å². The number of benzene rings is 2. The van der Waals surface area contributed by atoms with Crippen LogP contribution in [0.1, 0.15) is 37.8 Å². The van der Waals surface area contributed by atoms with E-state index in [1.807, 2.05) is 35.0 Å². The fourth-order valence-electron chi connectivity index (χ4n) is 4.16. The first-order valence-corrected chi connectivity index (χ1v) is 10.2. The Morgan fingerprint density at radius 1 is 1.07 bits per heavy atom. The first-order valence-electron chi connectivity index (χ1n) is 9.78. The summed E-state index contributed by atoms with van der Waals surface area (Å²) in [6, 6.07) is 18.4. The molecule has 0 aliphatic heterocycles. The molecule has 0 radical (unpaired) electrons. The molecular formula is C23H26ClN3O. The summed E-state index contributed by atoms with van der Waals surface area (Å²) in [6.45, 7) is 5.78. The van der Waals surface area contributed by atoms with Crippen LogP contribution in [-0.2, 0) is 23.5 Å². The van der Waals surface area contributed by atoms with Gasteiger partial charge in [0.1, 0.15) is 18.3 Å². The molecule has 1 atom stereocenters. The highest BCUT2D eigenvalue weighted by Crippen LogP contribution is 2.57. The summed E-state index contributed by atoms with van der Waals surface area (Å²) in [5, 5.41) is 5.12. The summed E-state index contributed by atoms with van der Waals surface area (Å²) in [6.07, 6.45) is 5.80. The lowest BCUT2D eigenvalue weighted by Crippen LogP contribution is -2.49. The van der Waals surface area contributed by atoms with E-state index in [2.05, 4.69) is 48.2 Å². The third-order valence-electron chi connectivity index (χ3n) is 6.13. The smallest absolute Gasteiger partial charge is 0.137 e. The standard InChI is InChI=1S/C23H26ClN3O/c1-22(2,19-8-9-19)23(15-27-17-25-16-26-27,20-10-12-21(24)13-11-20)28-14-18-6-4-3-5-7-18/h3-7,10-13,16-17,19H,8-9,14-15H2,1-2H3. The number of hydrogen-bond acceptors (Lipinski definition) is 3. The molecule has 1 aromatic heterocycles. The zero-order valence-electron chi connectivity index (χ0n) is 16.4. The largest absolute Gasteiger partial charge is 0.363 e. The second-order valence-electron chi connectivity index (χ2n) is 8.20. The van der Waals surface area contributed by atoms with Crippen LogP contribution in [0.5, 0.6) is 0 Å². The Morgan fingerprint density at radius 2 is 1.79 bits per heavy atom. The molecule has 1 saturated carbocycles. The Labute approximate surface area is 171 Å². The molecule has 2 aromatic carbocycles. The SMILES string of the molecule is CC(C)(C1CC1)C(Cn1cncn1)(OCc1ccccc1)c1ccc(Cl)cc1. The second-order valence-corrected chi connectivity index (χ2v) is 8.63. The van der Waals surface area contributed by atoms with Crippen molar-refractivity contribution in [1.82, 2.24) is 14.8 Å². The van der Waals surface area contributed by atoms with E-state index in [4.69, 9.17) is 16.3 Å². The summed E-state index contributed by atoms with van der Waals surface area (Å²) in [4.78, 5) is 4.15. The minimum Gasteiger partial charge on any atom is -0.363 e. The van der Waals surface area contributed by atoms with Gasteiger partial charge in [0, 0.05) is 10.4 Å². The number of nitrogens with zero attached hydrogens (tertiary/aromatic N) is 3. The number of ether oxygens (including phenoxy) is 1. The van der Waals surface area contributed by atoms with Crippen LogP contribution in [0.15, 0.2) is 67.3 Å². The Bertz CT molecular complexity index is 889. The first kappa shape index (κ1) is 19.2. The van der Waals surface area contributed by atoms with Gasteiger partial charge in [0.05, 0.1) is 13.2 Å². The Kier molecular flexibility index (Phi) is 5.26. The van der Waals surface area contributed by atoms with Crippen molar-refractivity contribution in [2.45, 2.75) is 45.4 Å². The molecule has 0 spiro atoms. The van der Waals surface area contributed by atoms with E-state index in [0.29, 0.717) is 19.1 Å². The number of halogens is 1. The van der Waals surface area contributed by atoms with Crippen LogP contribution < -0.4 is 0 Å². The van der Waals surface area contributed by atoms with Crippen LogP contribution in [0.4, 0.5) is 0 Å². The zero-order chi connectivity index (χ0) is 19.6. The van der Waals surface area contributed by atoms with Gasteiger partial charge >= 0.3 is 0 Å². The van der Waals surface area contributed by atoms with Gasteiger partial charge in [-0.3, -0.25) is 0 Å². The van der Waals surface area contributed by atoms with E-state index >= 15 is 0 Å². The van der Waals surface area contributed by atoms with Crippen molar-refractivity contribution in [2.75, 3.05) is 0 Å². The summed E-state index contributed by atoms with van der Waals surface area (Å²) >= 11 is 6.20. The van der Waals surface area contributed by atoms with Gasteiger partial charge in [0.15, 0.2) is 0 Å². The third kappa shape index (κ3) is 3.71. The number of aromatic nitrogens is 3. The molecule has 3 aromatic rings. The van der Waals surface area contributed by atoms with Crippen LogP contribution >= 0.6 is 11.6 Å². The molecule has 1 unspecified atom stereocenters. The highest BCUT2D eigenvalue weighted by atomic mass is 35.5. The van der Waals surface area contributed by atoms with Crippen LogP contribution in [0.25, 0.3) is 0 Å². The van der Waals surface area contributed by atoms with E-state index in [9.17, 15) is 0 Å². The van der Waals surface area contributed by atoms with Gasteiger partial charge in [-0.25, -0.2) is 9.67 Å². The quantitative estimate of drug-likeness (QED) is 0.507. The Hall–Kier alpha value is -2.17. The molecule has 28 heavy (non-hydrogen) atoms. The van der Waals surface area contributed by atoms with Crippen molar-refractivity contribution < 1.29 is 4.74 Å². The van der Waals surface area contributed by atoms with Crippen LogP contribution in [0, 0.1) is 11.3 Å². The first-order chi connectivity index (χ1) is 13.5. The van der Waals surface area contributed by atoms with E-state index in [0.717, 1.165) is 16.1 Å². The van der Waals surface area contributed by atoms with Gasteiger partial charge in [0.2, 0.25) is 0 Å². The van der Waals surface area contributed by atoms with Crippen molar-refractivity contribution in [3.63, 3.8) is 0 Å². The zero-order valence-corrected chi connectivity index (χ0v) is 17.1. The maximum Gasteiger partial charge on any atom is 0.137 e. The van der Waals surface area contributed by atoms with E-state index < -0.39 is 5.60 Å². The lowest BCUT2D eigenvalue weighted by molar-refractivity contribution is -0.160. The maximum atomic E-state index is 6.85. The summed E-state index contributed by atoms with van der Waals surface area (Å²) in [5.41, 5.74) is 1.65. The van der Waals surface area contributed by atoms with Crippen LogP contribution in [0.2, 0.25) is 5.02 Å². The predicted octanol–water partition coefficient (Wildman–Crippen LogP) is 5.48.